The summed E-state index contributed by atoms with van der Waals surface area (Å²) in [6, 6.07) is 12.5. The van der Waals surface area contributed by atoms with Crippen molar-refractivity contribution in [2.75, 3.05) is 6.54 Å². The lowest BCUT2D eigenvalue weighted by molar-refractivity contribution is 0.579. The number of nitrogens with one attached hydrogen (secondary N) is 1. The molecule has 0 unspecified atom stereocenters. The average Bonchev–Trinajstić information content (AvgIpc) is 2.84. The normalized spacial score (nSPS) is 11.9. The van der Waals surface area contributed by atoms with Gasteiger partial charge in [0.1, 0.15) is 11.6 Å². The predicted molar refractivity (Wildman–Crippen MR) is 86.0 cm³/mol. The van der Waals surface area contributed by atoms with E-state index in [1.165, 1.54) is 12.1 Å². The van der Waals surface area contributed by atoms with Gasteiger partial charge in [0, 0.05) is 20.0 Å². The smallest absolute Gasteiger partial charge is 0.240 e. The highest BCUT2D eigenvalue weighted by atomic mass is 32.2. The van der Waals surface area contributed by atoms with E-state index in [2.05, 4.69) is 9.71 Å². The molecule has 0 bridgehead atoms. The van der Waals surface area contributed by atoms with Crippen LogP contribution in [-0.2, 0) is 23.5 Å². The van der Waals surface area contributed by atoms with Crippen molar-refractivity contribution < 1.29 is 12.8 Å². The lowest BCUT2D eigenvalue weighted by Crippen LogP contribution is -2.26. The number of sulfonamides is 1. The fourth-order valence-electron chi connectivity index (χ4n) is 2.41. The van der Waals surface area contributed by atoms with Gasteiger partial charge in [-0.05, 0) is 36.4 Å². The van der Waals surface area contributed by atoms with E-state index in [0.29, 0.717) is 6.42 Å². The van der Waals surface area contributed by atoms with Crippen LogP contribution in [0.5, 0.6) is 0 Å². The Morgan fingerprint density at radius 2 is 1.83 bits per heavy atom. The maximum atomic E-state index is 12.9. The highest BCUT2D eigenvalue weighted by molar-refractivity contribution is 7.89. The minimum Gasteiger partial charge on any atom is -0.331 e. The van der Waals surface area contributed by atoms with Crippen LogP contribution in [0.1, 0.15) is 5.82 Å². The van der Waals surface area contributed by atoms with Crippen LogP contribution in [0.15, 0.2) is 53.4 Å². The highest BCUT2D eigenvalue weighted by Crippen LogP contribution is 2.14. The van der Waals surface area contributed by atoms with Crippen molar-refractivity contribution in [1.82, 2.24) is 14.3 Å². The molecule has 120 valence electrons. The standard InChI is InChI=1S/C16H16FN3O2S/c1-20-15-5-3-2-4-14(15)19-16(20)10-11-18-23(21,22)13-8-6-12(17)7-9-13/h2-9,18H,10-11H2,1H3. The van der Waals surface area contributed by atoms with E-state index in [4.69, 9.17) is 0 Å². The van der Waals surface area contributed by atoms with Gasteiger partial charge in [-0.25, -0.2) is 22.5 Å². The van der Waals surface area contributed by atoms with Gasteiger partial charge >= 0.3 is 0 Å². The summed E-state index contributed by atoms with van der Waals surface area (Å²) < 4.78 is 41.6. The van der Waals surface area contributed by atoms with Gasteiger partial charge in [0.05, 0.1) is 15.9 Å². The molecule has 0 radical (unpaired) electrons. The molecule has 0 saturated carbocycles. The van der Waals surface area contributed by atoms with Crippen molar-refractivity contribution >= 4 is 21.1 Å². The quantitative estimate of drug-likeness (QED) is 0.779. The molecule has 0 fully saturated rings. The third-order valence-corrected chi connectivity index (χ3v) is 5.12. The Bertz CT molecular complexity index is 934. The Morgan fingerprint density at radius 3 is 2.52 bits per heavy atom. The molecule has 0 aliphatic heterocycles. The Hall–Kier alpha value is -2.25. The second-order valence-corrected chi connectivity index (χ2v) is 6.94. The molecule has 0 aliphatic rings. The molecule has 3 aromatic rings. The second-order valence-electron chi connectivity index (χ2n) is 5.18. The fraction of sp³-hybridized carbons (Fsp3) is 0.188. The molecule has 5 nitrogen and oxygen atoms in total. The molecule has 23 heavy (non-hydrogen) atoms. The first kappa shape index (κ1) is 15.6. The third kappa shape index (κ3) is 3.25. The predicted octanol–water partition coefficient (Wildman–Crippen LogP) is 2.23. The number of halogens is 1. The molecule has 0 aliphatic carbocycles. The summed E-state index contributed by atoms with van der Waals surface area (Å²) in [5, 5.41) is 0. The van der Waals surface area contributed by atoms with Crippen LogP contribution in [0.4, 0.5) is 4.39 Å². The molecule has 1 N–H and O–H groups in total. The van der Waals surface area contributed by atoms with Gasteiger partial charge in [0.25, 0.3) is 0 Å². The average molecular weight is 333 g/mol. The molecular formula is C16H16FN3O2S. The van der Waals surface area contributed by atoms with E-state index in [0.717, 1.165) is 29.0 Å². The minimum atomic E-state index is -3.64. The van der Waals surface area contributed by atoms with E-state index in [1.807, 2.05) is 35.9 Å². The van der Waals surface area contributed by atoms with Crippen LogP contribution >= 0.6 is 0 Å². The summed E-state index contributed by atoms with van der Waals surface area (Å²) in [6.45, 7) is 0.219. The molecule has 7 heteroatoms. The Labute approximate surface area is 133 Å². The number of rotatable bonds is 5. The number of hydrogen-bond acceptors (Lipinski definition) is 3. The van der Waals surface area contributed by atoms with E-state index in [9.17, 15) is 12.8 Å². The molecular weight excluding hydrogens is 317 g/mol. The lowest BCUT2D eigenvalue weighted by atomic mass is 10.3. The van der Waals surface area contributed by atoms with Crippen molar-refractivity contribution in [1.29, 1.82) is 0 Å². The molecule has 0 saturated heterocycles. The van der Waals surface area contributed by atoms with Crippen LogP contribution in [0.25, 0.3) is 11.0 Å². The van der Waals surface area contributed by atoms with Crippen LogP contribution in [0, 0.1) is 5.82 Å². The number of hydrogen-bond donors (Lipinski definition) is 1. The van der Waals surface area contributed by atoms with Crippen molar-refractivity contribution in [2.45, 2.75) is 11.3 Å². The maximum absolute atomic E-state index is 12.9. The zero-order valence-electron chi connectivity index (χ0n) is 12.5. The molecule has 0 atom stereocenters. The summed E-state index contributed by atoms with van der Waals surface area (Å²) in [5.74, 6) is 0.330. The second kappa shape index (κ2) is 6.10. The number of fused-ring (bicyclic) bond motifs is 1. The Kier molecular flexibility index (Phi) is 4.14. The highest BCUT2D eigenvalue weighted by Gasteiger charge is 2.14. The molecule has 1 heterocycles. The first-order chi connectivity index (χ1) is 11.0. The van der Waals surface area contributed by atoms with E-state index in [-0.39, 0.29) is 11.4 Å². The summed E-state index contributed by atoms with van der Waals surface area (Å²) in [4.78, 5) is 4.54. The third-order valence-electron chi connectivity index (χ3n) is 3.64. The van der Waals surface area contributed by atoms with E-state index < -0.39 is 15.8 Å². The van der Waals surface area contributed by atoms with Crippen molar-refractivity contribution in [2.24, 2.45) is 7.05 Å². The zero-order valence-corrected chi connectivity index (χ0v) is 13.3. The zero-order chi connectivity index (χ0) is 16.4. The van der Waals surface area contributed by atoms with E-state index in [1.54, 1.807) is 0 Å². The van der Waals surface area contributed by atoms with Crippen molar-refractivity contribution in [3.63, 3.8) is 0 Å². The topological polar surface area (TPSA) is 64.0 Å². The summed E-state index contributed by atoms with van der Waals surface area (Å²) >= 11 is 0. The van der Waals surface area contributed by atoms with Gasteiger partial charge in [-0.2, -0.15) is 0 Å². The van der Waals surface area contributed by atoms with Crippen molar-refractivity contribution in [3.8, 4) is 0 Å². The van der Waals surface area contributed by atoms with Gasteiger partial charge in [0.2, 0.25) is 10.0 Å². The Morgan fingerprint density at radius 1 is 1.13 bits per heavy atom. The molecule has 1 aromatic heterocycles. The summed E-state index contributed by atoms with van der Waals surface area (Å²) in [7, 11) is -1.74. The number of nitrogens with zero attached hydrogens (tertiary/aromatic N) is 2. The monoisotopic (exact) mass is 333 g/mol. The largest absolute Gasteiger partial charge is 0.331 e. The summed E-state index contributed by atoms with van der Waals surface area (Å²) in [5.41, 5.74) is 1.88. The van der Waals surface area contributed by atoms with Crippen LogP contribution in [0.3, 0.4) is 0 Å². The molecule has 3 rings (SSSR count). The Balaban J connectivity index is 1.70. The number of aryl methyl sites for hydroxylation is 1. The van der Waals surface area contributed by atoms with Crippen molar-refractivity contribution in [3.05, 3.63) is 60.2 Å². The lowest BCUT2D eigenvalue weighted by Gasteiger charge is -2.07. The number of imidazole rings is 1. The van der Waals surface area contributed by atoms with Gasteiger partial charge in [-0.15, -0.1) is 0 Å². The first-order valence-electron chi connectivity index (χ1n) is 7.13. The van der Waals surface area contributed by atoms with Gasteiger partial charge < -0.3 is 4.57 Å². The van der Waals surface area contributed by atoms with E-state index >= 15 is 0 Å². The van der Waals surface area contributed by atoms with Gasteiger partial charge in [-0.3, -0.25) is 0 Å². The molecule has 0 amide bonds. The number of benzene rings is 2. The number of para-hydroxylation sites is 2. The maximum Gasteiger partial charge on any atom is 0.240 e. The van der Waals surface area contributed by atoms with Crippen LogP contribution in [0.2, 0.25) is 0 Å². The minimum absolute atomic E-state index is 0.0453. The van der Waals surface area contributed by atoms with Gasteiger partial charge in [-0.1, -0.05) is 12.1 Å². The van der Waals surface area contributed by atoms with Gasteiger partial charge in [0.15, 0.2) is 0 Å². The van der Waals surface area contributed by atoms with Crippen LogP contribution < -0.4 is 4.72 Å². The fourth-order valence-corrected chi connectivity index (χ4v) is 3.45. The number of aromatic nitrogens is 2. The first-order valence-corrected chi connectivity index (χ1v) is 8.61. The molecule has 2 aromatic carbocycles. The van der Waals surface area contributed by atoms with Crippen LogP contribution in [-0.4, -0.2) is 24.5 Å². The SMILES string of the molecule is Cn1c(CCNS(=O)(=O)c2ccc(F)cc2)nc2ccccc21. The molecule has 0 spiro atoms. The summed E-state index contributed by atoms with van der Waals surface area (Å²) in [6.07, 6.45) is 0.464.